The number of anilines is 2. The Balaban J connectivity index is 1.58. The Morgan fingerprint density at radius 1 is 1.08 bits per heavy atom. The Morgan fingerprint density at radius 2 is 1.92 bits per heavy atom. The molecule has 0 radical (unpaired) electrons. The minimum Gasteiger partial charge on any atom is -0.370 e. The van der Waals surface area contributed by atoms with Gasteiger partial charge in [0.05, 0.1) is 0 Å². The van der Waals surface area contributed by atoms with Gasteiger partial charge in [-0.15, -0.1) is 0 Å². The fraction of sp³-hybridized carbons (Fsp3) is 0.368. The lowest BCUT2D eigenvalue weighted by Gasteiger charge is -2.12. The van der Waals surface area contributed by atoms with Crippen molar-refractivity contribution in [2.75, 3.05) is 44.4 Å². The van der Waals surface area contributed by atoms with Gasteiger partial charge in [0.15, 0.2) is 0 Å². The number of fused-ring (bicyclic) bond motifs is 1. The Morgan fingerprint density at radius 3 is 2.76 bits per heavy atom. The molecule has 2 heterocycles. The van der Waals surface area contributed by atoms with Crippen molar-refractivity contribution in [2.24, 2.45) is 0 Å². The number of nitrogens with zero attached hydrogens (tertiary/aromatic N) is 3. The van der Waals surface area contributed by atoms with Crippen molar-refractivity contribution >= 4 is 22.7 Å². The first-order valence-corrected chi connectivity index (χ1v) is 8.65. The minimum absolute atomic E-state index is 0.677. The second-order valence-corrected chi connectivity index (χ2v) is 6.48. The van der Waals surface area contributed by atoms with Crippen molar-refractivity contribution < 1.29 is 0 Å². The third kappa shape index (κ3) is 4.70. The monoisotopic (exact) mass is 338 g/mol. The van der Waals surface area contributed by atoms with Crippen LogP contribution in [0.1, 0.15) is 11.3 Å². The van der Waals surface area contributed by atoms with Crippen LogP contribution in [0.25, 0.3) is 10.9 Å². The molecule has 0 aliphatic carbocycles. The quantitative estimate of drug-likeness (QED) is 0.589. The normalized spacial score (nSPS) is 11.2. The zero-order valence-corrected chi connectivity index (χ0v) is 15.1. The van der Waals surface area contributed by atoms with Crippen LogP contribution in [0, 0.1) is 6.92 Å². The Hall–Kier alpha value is -2.60. The maximum Gasteiger partial charge on any atom is 0.224 e. The summed E-state index contributed by atoms with van der Waals surface area (Å²) < 4.78 is 0. The van der Waals surface area contributed by atoms with Gasteiger partial charge in [0.1, 0.15) is 5.82 Å². The molecule has 0 unspecified atom stereocenters. The van der Waals surface area contributed by atoms with Gasteiger partial charge in [-0.05, 0) is 39.1 Å². The van der Waals surface area contributed by atoms with Crippen LogP contribution in [0.3, 0.4) is 0 Å². The first kappa shape index (κ1) is 17.2. The van der Waals surface area contributed by atoms with E-state index < -0.39 is 0 Å². The van der Waals surface area contributed by atoms with Crippen LogP contribution >= 0.6 is 0 Å². The summed E-state index contributed by atoms with van der Waals surface area (Å²) in [5.41, 5.74) is 3.46. The summed E-state index contributed by atoms with van der Waals surface area (Å²) in [6.07, 6.45) is 3.03. The number of aryl methyl sites for hydroxylation is 1. The van der Waals surface area contributed by atoms with E-state index >= 15 is 0 Å². The number of rotatable bonds is 8. The van der Waals surface area contributed by atoms with Gasteiger partial charge in [0.2, 0.25) is 5.95 Å². The highest BCUT2D eigenvalue weighted by molar-refractivity contribution is 5.83. The summed E-state index contributed by atoms with van der Waals surface area (Å²) in [6.45, 7) is 4.59. The van der Waals surface area contributed by atoms with Crippen LogP contribution in [0.5, 0.6) is 0 Å². The van der Waals surface area contributed by atoms with Gasteiger partial charge in [-0.3, -0.25) is 0 Å². The maximum absolute atomic E-state index is 4.55. The van der Waals surface area contributed by atoms with Gasteiger partial charge in [-0.2, -0.15) is 4.98 Å². The molecule has 132 valence electrons. The number of hydrogen-bond donors (Lipinski definition) is 3. The number of H-pyrrole nitrogens is 1. The summed E-state index contributed by atoms with van der Waals surface area (Å²) >= 11 is 0. The summed E-state index contributed by atoms with van der Waals surface area (Å²) in [6, 6.07) is 10.4. The van der Waals surface area contributed by atoms with E-state index in [1.165, 1.54) is 16.5 Å². The number of aromatic amines is 1. The van der Waals surface area contributed by atoms with Crippen molar-refractivity contribution in [1.29, 1.82) is 0 Å². The molecule has 1 aromatic carbocycles. The Kier molecular flexibility index (Phi) is 5.50. The molecule has 0 aliphatic heterocycles. The first-order valence-electron chi connectivity index (χ1n) is 8.65. The lowest BCUT2D eigenvalue weighted by molar-refractivity contribution is 0.425. The molecule has 0 aliphatic rings. The third-order valence-corrected chi connectivity index (χ3v) is 4.07. The molecule has 0 amide bonds. The molecule has 3 N–H and O–H groups in total. The highest BCUT2D eigenvalue weighted by atomic mass is 15.2. The molecular formula is C19H26N6. The predicted octanol–water partition coefficient (Wildman–Crippen LogP) is 2.89. The summed E-state index contributed by atoms with van der Waals surface area (Å²) in [7, 11) is 4.10. The zero-order valence-electron chi connectivity index (χ0n) is 15.1. The van der Waals surface area contributed by atoms with Crippen LogP contribution in [0.2, 0.25) is 0 Å². The minimum atomic E-state index is 0.677. The second-order valence-electron chi connectivity index (χ2n) is 6.48. The van der Waals surface area contributed by atoms with E-state index in [0.717, 1.165) is 37.6 Å². The van der Waals surface area contributed by atoms with Crippen molar-refractivity contribution in [2.45, 2.75) is 13.3 Å². The highest BCUT2D eigenvalue weighted by Gasteiger charge is 2.05. The van der Waals surface area contributed by atoms with E-state index in [4.69, 9.17) is 0 Å². The van der Waals surface area contributed by atoms with Crippen molar-refractivity contribution in [3.05, 3.63) is 47.8 Å². The first-order chi connectivity index (χ1) is 12.1. The van der Waals surface area contributed by atoms with Crippen LogP contribution in [0.4, 0.5) is 11.8 Å². The standard InChI is InChI=1S/C19H26N6/c1-14-12-18(24-19(23-14)21-10-11-25(2)3)20-9-8-15-13-22-17-7-5-4-6-16(15)17/h4-7,12-13,22H,8-11H2,1-3H3,(H2,20,21,23,24). The third-order valence-electron chi connectivity index (χ3n) is 4.07. The van der Waals surface area contributed by atoms with Crippen LogP contribution in [-0.2, 0) is 6.42 Å². The van der Waals surface area contributed by atoms with Crippen LogP contribution in [0.15, 0.2) is 36.5 Å². The van der Waals surface area contributed by atoms with E-state index in [0.29, 0.717) is 5.95 Å². The van der Waals surface area contributed by atoms with E-state index in [9.17, 15) is 0 Å². The van der Waals surface area contributed by atoms with Gasteiger partial charge in [-0.1, -0.05) is 18.2 Å². The molecule has 2 aromatic heterocycles. The van der Waals surface area contributed by atoms with Gasteiger partial charge in [0.25, 0.3) is 0 Å². The summed E-state index contributed by atoms with van der Waals surface area (Å²) in [5, 5.41) is 7.98. The van der Waals surface area contributed by atoms with Gasteiger partial charge < -0.3 is 20.5 Å². The summed E-state index contributed by atoms with van der Waals surface area (Å²) in [5.74, 6) is 1.54. The van der Waals surface area contributed by atoms with E-state index in [2.05, 4.69) is 75.0 Å². The van der Waals surface area contributed by atoms with Crippen molar-refractivity contribution in [3.63, 3.8) is 0 Å². The molecule has 6 heteroatoms. The largest absolute Gasteiger partial charge is 0.370 e. The van der Waals surface area contributed by atoms with Crippen molar-refractivity contribution in [1.82, 2.24) is 19.9 Å². The van der Waals surface area contributed by atoms with Gasteiger partial charge in [0, 0.05) is 48.5 Å². The fourth-order valence-electron chi connectivity index (χ4n) is 2.79. The van der Waals surface area contributed by atoms with E-state index in [1.54, 1.807) is 0 Å². The number of nitrogens with one attached hydrogen (secondary N) is 3. The molecular weight excluding hydrogens is 312 g/mol. The Labute approximate surface area is 148 Å². The smallest absolute Gasteiger partial charge is 0.224 e. The molecule has 6 nitrogen and oxygen atoms in total. The number of hydrogen-bond acceptors (Lipinski definition) is 5. The average molecular weight is 338 g/mol. The molecule has 0 fully saturated rings. The molecule has 0 bridgehead atoms. The molecule has 25 heavy (non-hydrogen) atoms. The average Bonchev–Trinajstić information content (AvgIpc) is 2.97. The van der Waals surface area contributed by atoms with Crippen LogP contribution in [-0.4, -0.2) is 53.6 Å². The molecule has 0 saturated heterocycles. The molecule has 0 saturated carbocycles. The number of aromatic nitrogens is 3. The zero-order chi connectivity index (χ0) is 17.6. The maximum atomic E-state index is 4.55. The van der Waals surface area contributed by atoms with Crippen LogP contribution < -0.4 is 10.6 Å². The lowest BCUT2D eigenvalue weighted by Crippen LogP contribution is -2.21. The lowest BCUT2D eigenvalue weighted by atomic mass is 10.1. The van der Waals surface area contributed by atoms with Gasteiger partial charge >= 0.3 is 0 Å². The fourth-order valence-corrected chi connectivity index (χ4v) is 2.79. The number of para-hydroxylation sites is 1. The topological polar surface area (TPSA) is 68.9 Å². The predicted molar refractivity (Wildman–Crippen MR) is 104 cm³/mol. The summed E-state index contributed by atoms with van der Waals surface area (Å²) in [4.78, 5) is 14.4. The van der Waals surface area contributed by atoms with E-state index in [-0.39, 0.29) is 0 Å². The van der Waals surface area contributed by atoms with Crippen molar-refractivity contribution in [3.8, 4) is 0 Å². The Bertz CT molecular complexity index is 824. The second kappa shape index (κ2) is 7.98. The van der Waals surface area contributed by atoms with Gasteiger partial charge in [-0.25, -0.2) is 4.98 Å². The SMILES string of the molecule is Cc1cc(NCCc2c[nH]c3ccccc23)nc(NCCN(C)C)n1. The number of likely N-dealkylation sites (N-methyl/N-ethyl adjacent to an activating group) is 1. The number of benzene rings is 1. The van der Waals surface area contributed by atoms with E-state index in [1.807, 2.05) is 13.0 Å². The molecule has 0 atom stereocenters. The molecule has 3 aromatic rings. The molecule has 3 rings (SSSR count). The highest BCUT2D eigenvalue weighted by Crippen LogP contribution is 2.18. The molecule has 0 spiro atoms.